The summed E-state index contributed by atoms with van der Waals surface area (Å²) in [6.45, 7) is 2.47. The van der Waals surface area contributed by atoms with Gasteiger partial charge in [0.25, 0.3) is 0 Å². The minimum absolute atomic E-state index is 0.171. The Morgan fingerprint density at radius 2 is 2.67 bits per heavy atom. The molecule has 2 heteroatoms. The molecule has 1 rings (SSSR count). The van der Waals surface area contributed by atoms with Gasteiger partial charge in [-0.25, -0.2) is 0 Å². The molecule has 0 aromatic carbocycles. The van der Waals surface area contributed by atoms with Gasteiger partial charge < -0.3 is 4.74 Å². The van der Waals surface area contributed by atoms with Crippen LogP contribution in [0.1, 0.15) is 6.42 Å². The van der Waals surface area contributed by atoms with E-state index in [-0.39, 0.29) is 5.38 Å². The third-order valence-corrected chi connectivity index (χ3v) is 1.08. The molecule has 0 saturated carbocycles. The van der Waals surface area contributed by atoms with E-state index in [9.17, 15) is 0 Å². The first-order valence-corrected chi connectivity index (χ1v) is 2.42. The summed E-state index contributed by atoms with van der Waals surface area (Å²) in [5.41, 5.74) is 0. The van der Waals surface area contributed by atoms with E-state index in [1.165, 1.54) is 0 Å². The van der Waals surface area contributed by atoms with Crippen LogP contribution < -0.4 is 0 Å². The van der Waals surface area contributed by atoms with Gasteiger partial charge in [-0.15, -0.1) is 11.6 Å². The van der Waals surface area contributed by atoms with Crippen LogP contribution in [0, 0.1) is 6.61 Å². The van der Waals surface area contributed by atoms with Crippen LogP contribution in [0.5, 0.6) is 0 Å². The summed E-state index contributed by atoms with van der Waals surface area (Å²) >= 11 is 5.53. The summed E-state index contributed by atoms with van der Waals surface area (Å²) in [6, 6.07) is 0. The predicted molar refractivity (Wildman–Crippen MR) is 24.5 cm³/mol. The van der Waals surface area contributed by atoms with Crippen molar-refractivity contribution < 1.29 is 4.74 Å². The number of alkyl halides is 1. The zero-order chi connectivity index (χ0) is 4.41. The number of halogens is 1. The second kappa shape index (κ2) is 1.80. The normalized spacial score (nSPS) is 34.5. The highest BCUT2D eigenvalue weighted by Gasteiger charge is 2.11. The second-order valence-corrected chi connectivity index (χ2v) is 1.87. The van der Waals surface area contributed by atoms with E-state index in [2.05, 4.69) is 0 Å². The second-order valence-electron chi connectivity index (χ2n) is 1.31. The zero-order valence-corrected chi connectivity index (χ0v) is 4.11. The van der Waals surface area contributed by atoms with Crippen molar-refractivity contribution in [1.82, 2.24) is 0 Å². The van der Waals surface area contributed by atoms with Gasteiger partial charge in [0.2, 0.25) is 0 Å². The molecule has 0 spiro atoms. The maximum absolute atomic E-state index is 5.53. The lowest BCUT2D eigenvalue weighted by molar-refractivity contribution is 0.254. The van der Waals surface area contributed by atoms with Gasteiger partial charge in [0.15, 0.2) is 0 Å². The van der Waals surface area contributed by atoms with E-state index in [0.717, 1.165) is 13.0 Å². The summed E-state index contributed by atoms with van der Waals surface area (Å²) in [4.78, 5) is 0. The Morgan fingerprint density at radius 3 is 2.83 bits per heavy atom. The molecule has 0 aromatic rings. The fourth-order valence-corrected chi connectivity index (χ4v) is 0.583. The Kier molecular flexibility index (Phi) is 1.33. The summed E-state index contributed by atoms with van der Waals surface area (Å²) in [5, 5.41) is 0.171. The van der Waals surface area contributed by atoms with Crippen LogP contribution in [-0.4, -0.2) is 12.0 Å². The topological polar surface area (TPSA) is 9.23 Å². The average Bonchev–Trinajstić information content (AvgIpc) is 1.86. The van der Waals surface area contributed by atoms with Crippen molar-refractivity contribution in [3.05, 3.63) is 6.61 Å². The van der Waals surface area contributed by atoms with E-state index >= 15 is 0 Å². The molecule has 1 nitrogen and oxygen atoms in total. The third-order valence-electron chi connectivity index (χ3n) is 0.755. The lowest BCUT2D eigenvalue weighted by Gasteiger charge is -1.85. The van der Waals surface area contributed by atoms with Crippen LogP contribution in [0.4, 0.5) is 0 Å². The van der Waals surface area contributed by atoms with Gasteiger partial charge in [-0.2, -0.15) is 0 Å². The van der Waals surface area contributed by atoms with E-state index in [1.807, 2.05) is 0 Å². The minimum atomic E-state index is 0.171. The van der Waals surface area contributed by atoms with Gasteiger partial charge in [-0.3, -0.25) is 0 Å². The number of hydrogen-bond donors (Lipinski definition) is 0. The number of ether oxygens (including phenoxy) is 1. The molecule has 1 radical (unpaired) electrons. The SMILES string of the molecule is ClC1[CH]OCC1. The van der Waals surface area contributed by atoms with Crippen molar-refractivity contribution in [2.24, 2.45) is 0 Å². The molecule has 0 aromatic heterocycles. The molecule has 1 aliphatic heterocycles. The molecule has 1 heterocycles. The minimum Gasteiger partial charge on any atom is -0.374 e. The largest absolute Gasteiger partial charge is 0.374 e. The highest BCUT2D eigenvalue weighted by molar-refractivity contribution is 6.21. The van der Waals surface area contributed by atoms with Crippen LogP contribution >= 0.6 is 11.6 Å². The molecule has 1 fully saturated rings. The molecule has 6 heavy (non-hydrogen) atoms. The molecular formula is C4H6ClO. The van der Waals surface area contributed by atoms with E-state index in [4.69, 9.17) is 16.3 Å². The summed E-state index contributed by atoms with van der Waals surface area (Å²) in [6.07, 6.45) is 0.974. The Bertz CT molecular complexity index is 40.8. The van der Waals surface area contributed by atoms with Crippen molar-refractivity contribution >= 4 is 11.6 Å². The van der Waals surface area contributed by atoms with Gasteiger partial charge in [-0.1, -0.05) is 0 Å². The highest BCUT2D eigenvalue weighted by atomic mass is 35.5. The first-order valence-electron chi connectivity index (χ1n) is 1.98. The quantitative estimate of drug-likeness (QED) is 0.421. The van der Waals surface area contributed by atoms with Crippen molar-refractivity contribution in [3.8, 4) is 0 Å². The van der Waals surface area contributed by atoms with Crippen molar-refractivity contribution in [2.45, 2.75) is 11.8 Å². The molecule has 0 aliphatic carbocycles. The van der Waals surface area contributed by atoms with Crippen LogP contribution in [0.25, 0.3) is 0 Å². The maximum atomic E-state index is 5.53. The van der Waals surface area contributed by atoms with Crippen LogP contribution in [0.15, 0.2) is 0 Å². The Balaban J connectivity index is 2.18. The van der Waals surface area contributed by atoms with E-state index < -0.39 is 0 Å². The third kappa shape index (κ3) is 0.854. The van der Waals surface area contributed by atoms with Crippen molar-refractivity contribution in [3.63, 3.8) is 0 Å². The first kappa shape index (κ1) is 4.41. The van der Waals surface area contributed by atoms with E-state index in [1.54, 1.807) is 6.61 Å². The van der Waals surface area contributed by atoms with Crippen molar-refractivity contribution in [1.29, 1.82) is 0 Å². The summed E-state index contributed by atoms with van der Waals surface area (Å²) < 4.78 is 4.80. The Morgan fingerprint density at radius 1 is 1.83 bits per heavy atom. The summed E-state index contributed by atoms with van der Waals surface area (Å²) in [7, 11) is 0. The van der Waals surface area contributed by atoms with Crippen molar-refractivity contribution in [2.75, 3.05) is 6.61 Å². The van der Waals surface area contributed by atoms with Gasteiger partial charge >= 0.3 is 0 Å². The van der Waals surface area contributed by atoms with Gasteiger partial charge in [0, 0.05) is 6.61 Å². The standard InChI is InChI=1S/C4H6ClO/c5-4-1-2-6-3-4/h3-4H,1-2H2. The van der Waals surface area contributed by atoms with Gasteiger partial charge in [0.05, 0.1) is 5.38 Å². The van der Waals surface area contributed by atoms with Crippen LogP contribution in [0.2, 0.25) is 0 Å². The Labute approximate surface area is 42.2 Å². The molecule has 1 saturated heterocycles. The maximum Gasteiger partial charge on any atom is 0.101 e. The predicted octanol–water partition coefficient (Wildman–Crippen LogP) is 1.18. The summed E-state index contributed by atoms with van der Waals surface area (Å²) in [5.74, 6) is 0. The fourth-order valence-electron chi connectivity index (χ4n) is 0.421. The Hall–Kier alpha value is 0.250. The number of hydrogen-bond acceptors (Lipinski definition) is 1. The fraction of sp³-hybridized carbons (Fsp3) is 0.750. The molecule has 1 aliphatic rings. The lowest BCUT2D eigenvalue weighted by Crippen LogP contribution is -1.85. The zero-order valence-electron chi connectivity index (χ0n) is 3.36. The molecule has 0 amide bonds. The molecular weight excluding hydrogens is 99.5 g/mol. The van der Waals surface area contributed by atoms with E-state index in [0.29, 0.717) is 0 Å². The first-order chi connectivity index (χ1) is 2.89. The highest BCUT2D eigenvalue weighted by Crippen LogP contribution is 2.13. The van der Waals surface area contributed by atoms with Crippen LogP contribution in [0.3, 0.4) is 0 Å². The molecule has 35 valence electrons. The lowest BCUT2D eigenvalue weighted by atomic mass is 10.4. The molecule has 1 atom stereocenters. The molecule has 0 N–H and O–H groups in total. The number of rotatable bonds is 0. The van der Waals surface area contributed by atoms with Crippen LogP contribution in [-0.2, 0) is 4.74 Å². The van der Waals surface area contributed by atoms with Gasteiger partial charge in [0.1, 0.15) is 6.61 Å². The molecule has 1 unspecified atom stereocenters. The molecule has 0 bridgehead atoms. The monoisotopic (exact) mass is 105 g/mol. The van der Waals surface area contributed by atoms with Gasteiger partial charge in [-0.05, 0) is 6.42 Å². The smallest absolute Gasteiger partial charge is 0.101 e. The average molecular weight is 106 g/mol.